The first-order chi connectivity index (χ1) is 8.58. The third kappa shape index (κ3) is 2.57. The third-order valence-corrected chi connectivity index (χ3v) is 2.67. The van der Waals surface area contributed by atoms with E-state index in [1.54, 1.807) is 24.5 Å². The van der Waals surface area contributed by atoms with Crippen molar-refractivity contribution in [2.45, 2.75) is 0 Å². The van der Waals surface area contributed by atoms with Gasteiger partial charge in [-0.15, -0.1) is 0 Å². The Morgan fingerprint density at radius 3 is 2.28 bits per heavy atom. The molecule has 2 rings (SSSR count). The molecule has 6 heteroatoms. The molecule has 2 aromatic rings. The van der Waals surface area contributed by atoms with Crippen LogP contribution < -0.4 is 10.6 Å². The molecule has 0 aliphatic rings. The van der Waals surface area contributed by atoms with E-state index in [9.17, 15) is 0 Å². The Morgan fingerprint density at radius 2 is 1.78 bits per heavy atom. The number of nitrogens with two attached hydrogens (primary N) is 1. The van der Waals surface area contributed by atoms with E-state index in [2.05, 4.69) is 9.97 Å². The molecule has 0 atom stereocenters. The van der Waals surface area contributed by atoms with Crippen LogP contribution in [0, 0.1) is 5.41 Å². The maximum Gasteiger partial charge on any atom is 0.229 e. The molecular formula is C12H12ClN5. The minimum Gasteiger partial charge on any atom is -0.384 e. The van der Waals surface area contributed by atoms with E-state index in [0.29, 0.717) is 16.5 Å². The molecule has 0 saturated carbocycles. The van der Waals surface area contributed by atoms with Crippen LogP contribution in [0.4, 0.5) is 11.6 Å². The minimum atomic E-state index is 0.0481. The molecule has 0 aliphatic carbocycles. The van der Waals surface area contributed by atoms with Gasteiger partial charge in [0.2, 0.25) is 5.95 Å². The normalized spacial score (nSPS) is 10.1. The van der Waals surface area contributed by atoms with Gasteiger partial charge in [-0.25, -0.2) is 9.97 Å². The van der Waals surface area contributed by atoms with Crippen molar-refractivity contribution in [1.82, 2.24) is 9.97 Å². The second-order valence-corrected chi connectivity index (χ2v) is 4.16. The average Bonchev–Trinajstić information content (AvgIpc) is 2.39. The highest BCUT2D eigenvalue weighted by molar-refractivity contribution is 6.30. The highest BCUT2D eigenvalue weighted by Gasteiger charge is 2.07. The van der Waals surface area contributed by atoms with Crippen molar-refractivity contribution in [3.05, 3.63) is 47.2 Å². The van der Waals surface area contributed by atoms with Crippen molar-refractivity contribution in [1.29, 1.82) is 5.41 Å². The quantitative estimate of drug-likeness (QED) is 0.656. The molecule has 18 heavy (non-hydrogen) atoms. The van der Waals surface area contributed by atoms with Gasteiger partial charge < -0.3 is 10.6 Å². The lowest BCUT2D eigenvalue weighted by atomic mass is 10.2. The van der Waals surface area contributed by atoms with E-state index >= 15 is 0 Å². The molecule has 0 saturated heterocycles. The van der Waals surface area contributed by atoms with Gasteiger partial charge in [0.05, 0.1) is 17.4 Å². The molecule has 0 spiro atoms. The zero-order valence-electron chi connectivity index (χ0n) is 9.76. The summed E-state index contributed by atoms with van der Waals surface area (Å²) in [6, 6.07) is 7.28. The average molecular weight is 262 g/mol. The first kappa shape index (κ1) is 12.3. The number of anilines is 2. The van der Waals surface area contributed by atoms with Crippen LogP contribution in [0.25, 0.3) is 0 Å². The number of nitrogens with one attached hydrogen (secondary N) is 1. The van der Waals surface area contributed by atoms with Gasteiger partial charge in [-0.3, -0.25) is 5.41 Å². The van der Waals surface area contributed by atoms with E-state index in [0.717, 1.165) is 5.69 Å². The number of amidine groups is 1. The largest absolute Gasteiger partial charge is 0.384 e. The molecule has 92 valence electrons. The highest BCUT2D eigenvalue weighted by Crippen LogP contribution is 2.20. The van der Waals surface area contributed by atoms with Crippen molar-refractivity contribution >= 4 is 29.1 Å². The molecule has 0 amide bonds. The second kappa shape index (κ2) is 5.01. The van der Waals surface area contributed by atoms with Gasteiger partial charge in [-0.05, 0) is 24.3 Å². The Kier molecular flexibility index (Phi) is 3.43. The number of nitrogens with zero attached hydrogens (tertiary/aromatic N) is 3. The van der Waals surface area contributed by atoms with E-state index in [4.69, 9.17) is 22.7 Å². The molecule has 1 heterocycles. The lowest BCUT2D eigenvalue weighted by molar-refractivity contribution is 1.04. The van der Waals surface area contributed by atoms with E-state index in [-0.39, 0.29) is 5.84 Å². The van der Waals surface area contributed by atoms with Crippen LogP contribution >= 0.6 is 11.6 Å². The number of halogens is 1. The van der Waals surface area contributed by atoms with Gasteiger partial charge in [0, 0.05) is 18.3 Å². The van der Waals surface area contributed by atoms with E-state index < -0.39 is 0 Å². The summed E-state index contributed by atoms with van der Waals surface area (Å²) in [5.74, 6) is 0.599. The van der Waals surface area contributed by atoms with Crippen LogP contribution in [0.1, 0.15) is 5.56 Å². The molecule has 0 radical (unpaired) electrons. The molecular weight excluding hydrogens is 250 g/mol. The van der Waals surface area contributed by atoms with E-state index in [1.807, 2.05) is 24.1 Å². The van der Waals surface area contributed by atoms with Crippen molar-refractivity contribution in [2.24, 2.45) is 5.73 Å². The Balaban J connectivity index is 2.25. The zero-order valence-corrected chi connectivity index (χ0v) is 10.5. The van der Waals surface area contributed by atoms with Crippen LogP contribution in [0.2, 0.25) is 5.02 Å². The van der Waals surface area contributed by atoms with Crippen LogP contribution in [0.3, 0.4) is 0 Å². The van der Waals surface area contributed by atoms with Crippen LogP contribution in [-0.4, -0.2) is 22.9 Å². The first-order valence-electron chi connectivity index (χ1n) is 5.23. The molecule has 1 aromatic heterocycles. The summed E-state index contributed by atoms with van der Waals surface area (Å²) >= 11 is 5.74. The van der Waals surface area contributed by atoms with Gasteiger partial charge in [0.25, 0.3) is 0 Å². The topological polar surface area (TPSA) is 78.9 Å². The number of benzene rings is 1. The van der Waals surface area contributed by atoms with Crippen molar-refractivity contribution < 1.29 is 0 Å². The number of nitrogen functional groups attached to an aromatic ring is 1. The Labute approximate surface area is 110 Å². The molecule has 3 N–H and O–H groups in total. The monoisotopic (exact) mass is 261 g/mol. The fourth-order valence-corrected chi connectivity index (χ4v) is 1.56. The lowest BCUT2D eigenvalue weighted by Gasteiger charge is -2.17. The van der Waals surface area contributed by atoms with Gasteiger partial charge in [-0.1, -0.05) is 11.6 Å². The lowest BCUT2D eigenvalue weighted by Crippen LogP contribution is -2.14. The fourth-order valence-electron chi connectivity index (χ4n) is 1.46. The SMILES string of the molecule is CN(c1ccc(C(=N)N)cc1)c1ncc(Cl)cn1. The highest BCUT2D eigenvalue weighted by atomic mass is 35.5. The fraction of sp³-hybridized carbons (Fsp3) is 0.0833. The predicted octanol–water partition coefficient (Wildman–Crippen LogP) is 2.18. The predicted molar refractivity (Wildman–Crippen MR) is 72.6 cm³/mol. The standard InChI is InChI=1S/C12H12ClN5/c1-18(12-16-6-9(13)7-17-12)10-4-2-8(3-5-10)11(14)15/h2-7H,1H3,(H3,14,15). The summed E-state index contributed by atoms with van der Waals surface area (Å²) < 4.78 is 0. The maximum atomic E-state index is 7.33. The summed E-state index contributed by atoms with van der Waals surface area (Å²) in [7, 11) is 1.85. The van der Waals surface area contributed by atoms with Gasteiger partial charge >= 0.3 is 0 Å². The van der Waals surface area contributed by atoms with Gasteiger partial charge in [0.15, 0.2) is 0 Å². The van der Waals surface area contributed by atoms with Crippen LogP contribution in [-0.2, 0) is 0 Å². The molecule has 5 nitrogen and oxygen atoms in total. The van der Waals surface area contributed by atoms with Crippen molar-refractivity contribution in [2.75, 3.05) is 11.9 Å². The van der Waals surface area contributed by atoms with Gasteiger partial charge in [-0.2, -0.15) is 0 Å². The number of rotatable bonds is 3. The van der Waals surface area contributed by atoms with Crippen molar-refractivity contribution in [3.63, 3.8) is 0 Å². The van der Waals surface area contributed by atoms with Gasteiger partial charge in [0.1, 0.15) is 5.84 Å². The summed E-state index contributed by atoms with van der Waals surface area (Å²) in [4.78, 5) is 10.1. The van der Waals surface area contributed by atoms with E-state index in [1.165, 1.54) is 0 Å². The first-order valence-corrected chi connectivity index (χ1v) is 5.61. The Bertz CT molecular complexity index is 550. The molecule has 0 fully saturated rings. The summed E-state index contributed by atoms with van der Waals surface area (Å²) in [5.41, 5.74) is 6.99. The zero-order chi connectivity index (χ0) is 13.1. The number of hydrogen-bond donors (Lipinski definition) is 2. The third-order valence-electron chi connectivity index (χ3n) is 2.47. The van der Waals surface area contributed by atoms with Crippen LogP contribution in [0.5, 0.6) is 0 Å². The summed E-state index contributed by atoms with van der Waals surface area (Å²) in [5, 5.41) is 7.82. The smallest absolute Gasteiger partial charge is 0.229 e. The summed E-state index contributed by atoms with van der Waals surface area (Å²) in [6.45, 7) is 0. The molecule has 1 aromatic carbocycles. The number of aromatic nitrogens is 2. The van der Waals surface area contributed by atoms with Crippen molar-refractivity contribution in [3.8, 4) is 0 Å². The summed E-state index contributed by atoms with van der Waals surface area (Å²) in [6.07, 6.45) is 3.09. The molecule has 0 unspecified atom stereocenters. The Hall–Kier alpha value is -2.14. The maximum absolute atomic E-state index is 7.33. The second-order valence-electron chi connectivity index (χ2n) is 3.72. The molecule has 0 aliphatic heterocycles. The minimum absolute atomic E-state index is 0.0481. The number of hydrogen-bond acceptors (Lipinski definition) is 4. The molecule has 0 bridgehead atoms. The Morgan fingerprint density at radius 1 is 1.22 bits per heavy atom. The van der Waals surface area contributed by atoms with Crippen LogP contribution in [0.15, 0.2) is 36.7 Å².